The maximum atomic E-state index is 11.6. The Morgan fingerprint density at radius 3 is 3.00 bits per heavy atom. The lowest BCUT2D eigenvalue weighted by Crippen LogP contribution is -2.32. The highest BCUT2D eigenvalue weighted by Crippen LogP contribution is 2.22. The zero-order valence-electron chi connectivity index (χ0n) is 11.1. The Labute approximate surface area is 104 Å². The number of carbonyl (C=O) groups is 1. The van der Waals surface area contributed by atoms with Crippen LogP contribution < -0.4 is 11.1 Å². The van der Waals surface area contributed by atoms with Crippen molar-refractivity contribution >= 4 is 5.91 Å². The van der Waals surface area contributed by atoms with Crippen LogP contribution in [0.2, 0.25) is 0 Å². The molecular weight excluding hydrogens is 216 g/mol. The molecule has 1 aliphatic heterocycles. The minimum absolute atomic E-state index is 0.145. The molecule has 3 atom stereocenters. The van der Waals surface area contributed by atoms with Crippen molar-refractivity contribution in [2.45, 2.75) is 45.6 Å². The van der Waals surface area contributed by atoms with Gasteiger partial charge in [-0.25, -0.2) is 0 Å². The Balaban J connectivity index is 2.15. The zero-order chi connectivity index (χ0) is 12.7. The maximum Gasteiger partial charge on any atom is 0.220 e. The van der Waals surface area contributed by atoms with Gasteiger partial charge in [0.2, 0.25) is 5.91 Å². The second kappa shape index (κ2) is 7.67. The summed E-state index contributed by atoms with van der Waals surface area (Å²) in [5, 5.41) is 3.01. The number of nitrogens with two attached hydrogens (primary N) is 1. The smallest absolute Gasteiger partial charge is 0.220 e. The van der Waals surface area contributed by atoms with Crippen LogP contribution in [0.4, 0.5) is 0 Å². The van der Waals surface area contributed by atoms with Crippen molar-refractivity contribution in [3.8, 4) is 0 Å². The Kier molecular flexibility index (Phi) is 6.52. The van der Waals surface area contributed by atoms with Gasteiger partial charge in [-0.1, -0.05) is 13.8 Å². The van der Waals surface area contributed by atoms with Gasteiger partial charge in [0.1, 0.15) is 0 Å². The van der Waals surface area contributed by atoms with Crippen molar-refractivity contribution in [3.05, 3.63) is 0 Å². The lowest BCUT2D eigenvalue weighted by molar-refractivity contribution is -0.121. The molecule has 0 aliphatic carbocycles. The van der Waals surface area contributed by atoms with E-state index in [1.54, 1.807) is 0 Å². The average Bonchev–Trinajstić information content (AvgIpc) is 2.80. The van der Waals surface area contributed by atoms with Crippen molar-refractivity contribution in [1.29, 1.82) is 0 Å². The molecule has 100 valence electrons. The molecule has 1 saturated heterocycles. The first-order valence-electron chi connectivity index (χ1n) is 6.75. The monoisotopic (exact) mass is 242 g/mol. The van der Waals surface area contributed by atoms with Crippen LogP contribution in [0.3, 0.4) is 0 Å². The van der Waals surface area contributed by atoms with Crippen molar-refractivity contribution in [2.24, 2.45) is 17.6 Å². The Bertz CT molecular complexity index is 233. The maximum absolute atomic E-state index is 11.6. The van der Waals surface area contributed by atoms with Gasteiger partial charge in [0, 0.05) is 25.5 Å². The van der Waals surface area contributed by atoms with Crippen molar-refractivity contribution in [3.63, 3.8) is 0 Å². The Morgan fingerprint density at radius 1 is 1.59 bits per heavy atom. The van der Waals surface area contributed by atoms with Gasteiger partial charge in [0.05, 0.1) is 6.10 Å². The second-order valence-electron chi connectivity index (χ2n) is 5.05. The Hall–Kier alpha value is -0.610. The third-order valence-electron chi connectivity index (χ3n) is 3.58. The van der Waals surface area contributed by atoms with E-state index in [0.29, 0.717) is 30.9 Å². The second-order valence-corrected chi connectivity index (χ2v) is 5.05. The molecule has 0 bridgehead atoms. The van der Waals surface area contributed by atoms with E-state index in [1.165, 1.54) is 0 Å². The predicted octanol–water partition coefficient (Wildman–Crippen LogP) is 1.29. The van der Waals surface area contributed by atoms with E-state index in [-0.39, 0.29) is 5.91 Å². The third kappa shape index (κ3) is 5.04. The van der Waals surface area contributed by atoms with Crippen LogP contribution in [0.25, 0.3) is 0 Å². The summed E-state index contributed by atoms with van der Waals surface area (Å²) in [4.78, 5) is 11.6. The number of hydrogen-bond acceptors (Lipinski definition) is 3. The van der Waals surface area contributed by atoms with Gasteiger partial charge in [-0.2, -0.15) is 0 Å². The van der Waals surface area contributed by atoms with Crippen LogP contribution in [0.15, 0.2) is 0 Å². The molecule has 3 unspecified atom stereocenters. The van der Waals surface area contributed by atoms with E-state index in [4.69, 9.17) is 10.5 Å². The molecule has 17 heavy (non-hydrogen) atoms. The summed E-state index contributed by atoms with van der Waals surface area (Å²) >= 11 is 0. The molecule has 3 N–H and O–H groups in total. The van der Waals surface area contributed by atoms with E-state index in [0.717, 1.165) is 32.4 Å². The summed E-state index contributed by atoms with van der Waals surface area (Å²) in [6, 6.07) is 0. The van der Waals surface area contributed by atoms with Gasteiger partial charge >= 0.3 is 0 Å². The molecular formula is C13H26N2O2. The predicted molar refractivity (Wildman–Crippen MR) is 68.6 cm³/mol. The van der Waals surface area contributed by atoms with Crippen LogP contribution in [0.5, 0.6) is 0 Å². The minimum atomic E-state index is 0.145. The van der Waals surface area contributed by atoms with Gasteiger partial charge in [-0.05, 0) is 31.7 Å². The van der Waals surface area contributed by atoms with Gasteiger partial charge in [-0.3, -0.25) is 4.79 Å². The lowest BCUT2D eigenvalue weighted by atomic mass is 9.99. The highest BCUT2D eigenvalue weighted by Gasteiger charge is 2.26. The molecule has 1 amide bonds. The molecule has 1 fully saturated rings. The number of rotatable bonds is 7. The minimum Gasteiger partial charge on any atom is -0.378 e. The van der Waals surface area contributed by atoms with E-state index in [2.05, 4.69) is 19.2 Å². The van der Waals surface area contributed by atoms with E-state index in [9.17, 15) is 4.79 Å². The summed E-state index contributed by atoms with van der Waals surface area (Å²) in [5.41, 5.74) is 5.52. The molecule has 0 aromatic heterocycles. The quantitative estimate of drug-likeness (QED) is 0.707. The lowest BCUT2D eigenvalue weighted by Gasteiger charge is -2.17. The Morgan fingerprint density at radius 2 is 2.35 bits per heavy atom. The van der Waals surface area contributed by atoms with Crippen LogP contribution in [0, 0.1) is 11.8 Å². The van der Waals surface area contributed by atoms with E-state index >= 15 is 0 Å². The topological polar surface area (TPSA) is 64.3 Å². The van der Waals surface area contributed by atoms with Crippen LogP contribution in [-0.2, 0) is 9.53 Å². The summed E-state index contributed by atoms with van der Waals surface area (Å²) < 4.78 is 5.59. The van der Waals surface area contributed by atoms with Crippen LogP contribution in [0.1, 0.15) is 39.5 Å². The van der Waals surface area contributed by atoms with Gasteiger partial charge in [0.25, 0.3) is 0 Å². The number of ether oxygens (including phenoxy) is 1. The van der Waals surface area contributed by atoms with Crippen molar-refractivity contribution in [1.82, 2.24) is 5.32 Å². The molecule has 1 aliphatic rings. The molecule has 4 heteroatoms. The summed E-state index contributed by atoms with van der Waals surface area (Å²) in [5.74, 6) is 1.07. The normalized spacial score (nSPS) is 25.8. The highest BCUT2D eigenvalue weighted by molar-refractivity contribution is 5.75. The molecule has 0 aromatic rings. The first kappa shape index (κ1) is 14.5. The first-order valence-corrected chi connectivity index (χ1v) is 6.75. The zero-order valence-corrected chi connectivity index (χ0v) is 11.1. The third-order valence-corrected chi connectivity index (χ3v) is 3.58. The standard InChI is InChI=1S/C13H26N2O2/c1-3-12-11(6-7-17-12)9-15-13(16)5-4-10(2)8-14/h10-12H,3-9,14H2,1-2H3,(H,15,16). The largest absolute Gasteiger partial charge is 0.378 e. The summed E-state index contributed by atoms with van der Waals surface area (Å²) in [7, 11) is 0. The molecule has 0 radical (unpaired) electrons. The summed E-state index contributed by atoms with van der Waals surface area (Å²) in [6.07, 6.45) is 3.89. The van der Waals surface area contributed by atoms with Crippen molar-refractivity contribution < 1.29 is 9.53 Å². The molecule has 1 rings (SSSR count). The van der Waals surface area contributed by atoms with Gasteiger partial charge in [-0.15, -0.1) is 0 Å². The highest BCUT2D eigenvalue weighted by atomic mass is 16.5. The molecule has 0 aromatic carbocycles. The van der Waals surface area contributed by atoms with Gasteiger partial charge < -0.3 is 15.8 Å². The van der Waals surface area contributed by atoms with Crippen LogP contribution >= 0.6 is 0 Å². The molecule has 0 saturated carbocycles. The fourth-order valence-corrected chi connectivity index (χ4v) is 2.21. The molecule has 4 nitrogen and oxygen atoms in total. The number of nitrogens with one attached hydrogen (secondary N) is 1. The average molecular weight is 242 g/mol. The fourth-order valence-electron chi connectivity index (χ4n) is 2.21. The summed E-state index contributed by atoms with van der Waals surface area (Å²) in [6.45, 7) is 6.46. The molecule has 1 heterocycles. The van der Waals surface area contributed by atoms with E-state index < -0.39 is 0 Å². The fraction of sp³-hybridized carbons (Fsp3) is 0.923. The first-order chi connectivity index (χ1) is 8.17. The number of hydrogen-bond donors (Lipinski definition) is 2. The van der Waals surface area contributed by atoms with E-state index in [1.807, 2.05) is 0 Å². The van der Waals surface area contributed by atoms with Crippen LogP contribution in [-0.4, -0.2) is 31.7 Å². The number of carbonyl (C=O) groups excluding carboxylic acids is 1. The van der Waals surface area contributed by atoms with Gasteiger partial charge in [0.15, 0.2) is 0 Å². The number of amides is 1. The van der Waals surface area contributed by atoms with Crippen molar-refractivity contribution in [2.75, 3.05) is 19.7 Å². The SMILES string of the molecule is CCC1OCCC1CNC(=O)CCC(C)CN. The molecule has 0 spiro atoms.